The van der Waals surface area contributed by atoms with Crippen LogP contribution in [0.25, 0.3) is 0 Å². The van der Waals surface area contributed by atoms with Crippen molar-refractivity contribution in [3.8, 4) is 0 Å². The molecule has 1 atom stereocenters. The molecule has 1 aromatic rings. The molecule has 0 unspecified atom stereocenters. The zero-order chi connectivity index (χ0) is 10.6. The van der Waals surface area contributed by atoms with E-state index in [1.165, 1.54) is 0 Å². The van der Waals surface area contributed by atoms with Crippen LogP contribution in [0, 0.1) is 5.92 Å². The molecule has 78 valence electrons. The third-order valence-corrected chi connectivity index (χ3v) is 2.80. The molecule has 0 radical (unpaired) electrons. The first-order valence-electron chi connectivity index (χ1n) is 4.65. The van der Waals surface area contributed by atoms with E-state index >= 15 is 0 Å². The molecule has 4 heteroatoms. The van der Waals surface area contributed by atoms with E-state index < -0.39 is 6.04 Å². The van der Waals surface area contributed by atoms with Gasteiger partial charge >= 0.3 is 0 Å². The highest BCUT2D eigenvalue weighted by atomic mass is 32.1. The van der Waals surface area contributed by atoms with Crippen LogP contribution in [0.4, 0.5) is 0 Å². The van der Waals surface area contributed by atoms with Gasteiger partial charge < -0.3 is 11.1 Å². The van der Waals surface area contributed by atoms with Crippen molar-refractivity contribution in [2.24, 2.45) is 11.7 Å². The zero-order valence-corrected chi connectivity index (χ0v) is 9.30. The van der Waals surface area contributed by atoms with Gasteiger partial charge in [-0.25, -0.2) is 0 Å². The van der Waals surface area contributed by atoms with E-state index in [9.17, 15) is 4.79 Å². The third kappa shape index (κ3) is 3.12. The minimum absolute atomic E-state index is 0.0776. The fourth-order valence-corrected chi connectivity index (χ4v) is 1.67. The summed E-state index contributed by atoms with van der Waals surface area (Å²) in [7, 11) is 0. The third-order valence-electron chi connectivity index (χ3n) is 2.07. The number of thiophene rings is 1. The van der Waals surface area contributed by atoms with Crippen LogP contribution >= 0.6 is 11.3 Å². The molecule has 0 fully saturated rings. The topological polar surface area (TPSA) is 55.1 Å². The van der Waals surface area contributed by atoms with E-state index in [0.29, 0.717) is 6.54 Å². The van der Waals surface area contributed by atoms with Crippen molar-refractivity contribution >= 4 is 17.2 Å². The minimum atomic E-state index is -0.409. The average molecular weight is 212 g/mol. The molecule has 0 aliphatic rings. The Hall–Kier alpha value is -0.870. The number of rotatable bonds is 4. The van der Waals surface area contributed by atoms with Gasteiger partial charge in [-0.15, -0.1) is 0 Å². The van der Waals surface area contributed by atoms with Crippen LogP contribution in [0.2, 0.25) is 0 Å². The van der Waals surface area contributed by atoms with Crippen molar-refractivity contribution in [1.29, 1.82) is 0 Å². The van der Waals surface area contributed by atoms with Gasteiger partial charge in [0.05, 0.1) is 6.04 Å². The summed E-state index contributed by atoms with van der Waals surface area (Å²) in [4.78, 5) is 11.4. The van der Waals surface area contributed by atoms with Crippen LogP contribution in [-0.2, 0) is 11.3 Å². The lowest BCUT2D eigenvalue weighted by Gasteiger charge is -2.14. The molecule has 14 heavy (non-hydrogen) atoms. The zero-order valence-electron chi connectivity index (χ0n) is 8.49. The van der Waals surface area contributed by atoms with E-state index in [4.69, 9.17) is 5.73 Å². The normalized spacial score (nSPS) is 12.9. The molecule has 0 bridgehead atoms. The van der Waals surface area contributed by atoms with E-state index in [1.54, 1.807) is 11.3 Å². The van der Waals surface area contributed by atoms with Crippen LogP contribution < -0.4 is 11.1 Å². The van der Waals surface area contributed by atoms with Crippen LogP contribution in [0.15, 0.2) is 16.8 Å². The fraction of sp³-hybridized carbons (Fsp3) is 0.500. The molecule has 1 aromatic heterocycles. The van der Waals surface area contributed by atoms with Crippen molar-refractivity contribution < 1.29 is 4.79 Å². The Labute approximate surface area is 88.3 Å². The Morgan fingerprint density at radius 3 is 2.86 bits per heavy atom. The predicted molar refractivity (Wildman–Crippen MR) is 59.0 cm³/mol. The number of amides is 1. The maximum absolute atomic E-state index is 11.4. The maximum atomic E-state index is 11.4. The molecule has 1 amide bonds. The largest absolute Gasteiger partial charge is 0.351 e. The average Bonchev–Trinajstić information content (AvgIpc) is 2.65. The van der Waals surface area contributed by atoms with Crippen molar-refractivity contribution in [1.82, 2.24) is 5.32 Å². The van der Waals surface area contributed by atoms with Crippen LogP contribution in [0.1, 0.15) is 19.4 Å². The second-order valence-corrected chi connectivity index (χ2v) is 4.40. The SMILES string of the molecule is CC(C)[C@H](N)C(=O)NCc1ccsc1. The molecule has 0 aliphatic heterocycles. The Kier molecular flexibility index (Phi) is 4.10. The minimum Gasteiger partial charge on any atom is -0.351 e. The standard InChI is InChI=1S/C10H16N2OS/c1-7(2)9(11)10(13)12-5-8-3-4-14-6-8/h3-4,6-7,9H,5,11H2,1-2H3,(H,12,13)/t9-/m0/s1. The molecule has 0 saturated carbocycles. The molecule has 0 spiro atoms. The van der Waals surface area contributed by atoms with E-state index in [-0.39, 0.29) is 11.8 Å². The summed E-state index contributed by atoms with van der Waals surface area (Å²) in [5.41, 5.74) is 6.81. The monoisotopic (exact) mass is 212 g/mol. The Morgan fingerprint density at radius 2 is 2.36 bits per heavy atom. The fourth-order valence-electron chi connectivity index (χ4n) is 1.00. The van der Waals surface area contributed by atoms with Gasteiger partial charge in [0.25, 0.3) is 0 Å². The van der Waals surface area contributed by atoms with Gasteiger partial charge in [-0.3, -0.25) is 4.79 Å². The second-order valence-electron chi connectivity index (χ2n) is 3.62. The second kappa shape index (κ2) is 5.12. The molecule has 3 nitrogen and oxygen atoms in total. The van der Waals surface area contributed by atoms with Crippen molar-refractivity contribution in [2.75, 3.05) is 0 Å². The summed E-state index contributed by atoms with van der Waals surface area (Å²) < 4.78 is 0. The van der Waals surface area contributed by atoms with E-state index in [1.807, 2.05) is 30.7 Å². The summed E-state index contributed by atoms with van der Waals surface area (Å²) in [6.07, 6.45) is 0. The maximum Gasteiger partial charge on any atom is 0.237 e. The highest BCUT2D eigenvalue weighted by Gasteiger charge is 2.16. The van der Waals surface area contributed by atoms with Gasteiger partial charge in [0, 0.05) is 6.54 Å². The summed E-state index contributed by atoms with van der Waals surface area (Å²) in [6, 6.07) is 1.58. The van der Waals surface area contributed by atoms with Crippen LogP contribution in [0.3, 0.4) is 0 Å². The molecule has 3 N–H and O–H groups in total. The Bertz CT molecular complexity index is 282. The van der Waals surface area contributed by atoms with Gasteiger partial charge in [0.15, 0.2) is 0 Å². The molecule has 0 aromatic carbocycles. The number of nitrogens with two attached hydrogens (primary N) is 1. The first-order chi connectivity index (χ1) is 6.61. The summed E-state index contributed by atoms with van der Waals surface area (Å²) in [5, 5.41) is 6.81. The van der Waals surface area contributed by atoms with Crippen LogP contribution in [-0.4, -0.2) is 11.9 Å². The number of hydrogen-bond acceptors (Lipinski definition) is 3. The van der Waals surface area contributed by atoms with Gasteiger partial charge in [-0.05, 0) is 28.3 Å². The molecule has 0 aliphatic carbocycles. The van der Waals surface area contributed by atoms with Gasteiger partial charge in [-0.2, -0.15) is 11.3 Å². The predicted octanol–water partition coefficient (Wildman–Crippen LogP) is 1.35. The Morgan fingerprint density at radius 1 is 1.64 bits per heavy atom. The lowest BCUT2D eigenvalue weighted by atomic mass is 10.1. The molecule has 0 saturated heterocycles. The van der Waals surface area contributed by atoms with Gasteiger partial charge in [0.2, 0.25) is 5.91 Å². The molecular weight excluding hydrogens is 196 g/mol. The highest BCUT2D eigenvalue weighted by molar-refractivity contribution is 7.07. The first kappa shape index (κ1) is 11.2. The number of carbonyl (C=O) groups excluding carboxylic acids is 1. The van der Waals surface area contributed by atoms with Gasteiger partial charge in [0.1, 0.15) is 0 Å². The Balaban J connectivity index is 2.35. The smallest absolute Gasteiger partial charge is 0.237 e. The number of nitrogens with one attached hydrogen (secondary N) is 1. The van der Waals surface area contributed by atoms with E-state index in [0.717, 1.165) is 5.56 Å². The van der Waals surface area contributed by atoms with Crippen molar-refractivity contribution in [2.45, 2.75) is 26.4 Å². The molecule has 1 rings (SSSR count). The number of carbonyl (C=O) groups is 1. The lowest BCUT2D eigenvalue weighted by Crippen LogP contribution is -2.43. The van der Waals surface area contributed by atoms with Gasteiger partial charge in [-0.1, -0.05) is 13.8 Å². The summed E-state index contributed by atoms with van der Waals surface area (Å²) in [6.45, 7) is 4.45. The highest BCUT2D eigenvalue weighted by Crippen LogP contribution is 2.05. The summed E-state index contributed by atoms with van der Waals surface area (Å²) >= 11 is 1.62. The molecule has 1 heterocycles. The van der Waals surface area contributed by atoms with Crippen LogP contribution in [0.5, 0.6) is 0 Å². The molecular formula is C10H16N2OS. The lowest BCUT2D eigenvalue weighted by molar-refractivity contribution is -0.123. The number of hydrogen-bond donors (Lipinski definition) is 2. The summed E-state index contributed by atoms with van der Waals surface area (Å²) in [5.74, 6) is 0.101. The van der Waals surface area contributed by atoms with E-state index in [2.05, 4.69) is 5.32 Å². The van der Waals surface area contributed by atoms with Crippen molar-refractivity contribution in [3.63, 3.8) is 0 Å². The quantitative estimate of drug-likeness (QED) is 0.791. The first-order valence-corrected chi connectivity index (χ1v) is 5.60. The van der Waals surface area contributed by atoms with Crippen molar-refractivity contribution in [3.05, 3.63) is 22.4 Å².